The van der Waals surface area contributed by atoms with Crippen LogP contribution in [-0.4, -0.2) is 22.2 Å². The van der Waals surface area contributed by atoms with Crippen LogP contribution in [-0.2, 0) is 10.2 Å². The van der Waals surface area contributed by atoms with Crippen LogP contribution in [0.5, 0.6) is 0 Å². The summed E-state index contributed by atoms with van der Waals surface area (Å²) in [6.07, 6.45) is 0.834. The number of oxazole rings is 1. The molecular formula is C27H26N2O2S. The number of anilines is 1. The molecular weight excluding hydrogens is 416 g/mol. The summed E-state index contributed by atoms with van der Waals surface area (Å²) in [6, 6.07) is 26.6. The molecule has 1 atom stereocenters. The van der Waals surface area contributed by atoms with Gasteiger partial charge in [-0.2, -0.15) is 0 Å². The average molecular weight is 443 g/mol. The van der Waals surface area contributed by atoms with E-state index in [1.165, 1.54) is 22.9 Å². The molecule has 1 amide bonds. The van der Waals surface area contributed by atoms with Crippen molar-refractivity contribution in [2.75, 3.05) is 10.7 Å². The van der Waals surface area contributed by atoms with Crippen LogP contribution in [0.15, 0.2) is 88.5 Å². The Hall–Kier alpha value is -3.05. The van der Waals surface area contributed by atoms with Crippen LogP contribution in [0, 0.1) is 0 Å². The number of nitrogens with zero attached hydrogens (tertiary/aromatic N) is 2. The molecule has 0 bridgehead atoms. The van der Waals surface area contributed by atoms with Gasteiger partial charge >= 0.3 is 0 Å². The Balaban J connectivity index is 1.47. The van der Waals surface area contributed by atoms with Gasteiger partial charge in [-0.05, 0) is 49.6 Å². The van der Waals surface area contributed by atoms with Gasteiger partial charge in [0.15, 0.2) is 5.58 Å². The van der Waals surface area contributed by atoms with Gasteiger partial charge in [-0.25, -0.2) is 4.98 Å². The minimum absolute atomic E-state index is 0.0600. The number of aromatic nitrogens is 1. The highest BCUT2D eigenvalue weighted by molar-refractivity contribution is 7.99. The van der Waals surface area contributed by atoms with Crippen LogP contribution in [0.3, 0.4) is 0 Å². The molecule has 5 heteroatoms. The van der Waals surface area contributed by atoms with Gasteiger partial charge in [-0.1, -0.05) is 79.3 Å². The van der Waals surface area contributed by atoms with Crippen molar-refractivity contribution in [3.05, 3.63) is 90.0 Å². The molecule has 0 spiro atoms. The van der Waals surface area contributed by atoms with Crippen LogP contribution in [0.1, 0.15) is 38.3 Å². The first-order chi connectivity index (χ1) is 15.4. The SMILES string of the molecule is CC1(C)C[C@](C)(c2ccccc2)c2ccccc2N1C(=O)CSc1nc2ccccc2o1. The van der Waals surface area contributed by atoms with Gasteiger partial charge in [0.25, 0.3) is 5.22 Å². The molecule has 0 N–H and O–H groups in total. The predicted octanol–water partition coefficient (Wildman–Crippen LogP) is 6.44. The Morgan fingerprint density at radius 1 is 0.969 bits per heavy atom. The van der Waals surface area contributed by atoms with Crippen molar-refractivity contribution >= 4 is 34.5 Å². The fourth-order valence-electron chi connectivity index (χ4n) is 5.14. The highest BCUT2D eigenvalue weighted by atomic mass is 32.2. The molecule has 0 radical (unpaired) electrons. The Bertz CT molecular complexity index is 1250. The van der Waals surface area contributed by atoms with E-state index in [4.69, 9.17) is 4.42 Å². The molecule has 0 saturated carbocycles. The van der Waals surface area contributed by atoms with E-state index < -0.39 is 0 Å². The summed E-state index contributed by atoms with van der Waals surface area (Å²) in [4.78, 5) is 20.0. The molecule has 32 heavy (non-hydrogen) atoms. The third-order valence-electron chi connectivity index (χ3n) is 6.38. The summed E-state index contributed by atoms with van der Waals surface area (Å²) in [6.45, 7) is 6.61. The number of fused-ring (bicyclic) bond motifs is 2. The largest absolute Gasteiger partial charge is 0.431 e. The normalized spacial score (nSPS) is 19.7. The fraction of sp³-hybridized carbons (Fsp3) is 0.259. The molecule has 0 saturated heterocycles. The quantitative estimate of drug-likeness (QED) is 0.341. The summed E-state index contributed by atoms with van der Waals surface area (Å²) < 4.78 is 5.80. The minimum atomic E-state index is -0.349. The van der Waals surface area contributed by atoms with Gasteiger partial charge in [0.2, 0.25) is 5.91 Å². The molecule has 1 aliphatic rings. The van der Waals surface area contributed by atoms with E-state index >= 15 is 0 Å². The van der Waals surface area contributed by atoms with Crippen molar-refractivity contribution in [1.82, 2.24) is 4.98 Å². The second kappa shape index (κ2) is 7.82. The number of carbonyl (C=O) groups is 1. The first-order valence-electron chi connectivity index (χ1n) is 10.8. The lowest BCUT2D eigenvalue weighted by molar-refractivity contribution is -0.117. The molecule has 1 aromatic heterocycles. The summed E-state index contributed by atoms with van der Waals surface area (Å²) >= 11 is 1.35. The monoisotopic (exact) mass is 442 g/mol. The summed E-state index contributed by atoms with van der Waals surface area (Å²) in [5.41, 5.74) is 4.47. The molecule has 4 nitrogen and oxygen atoms in total. The molecule has 4 aromatic rings. The van der Waals surface area contributed by atoms with Crippen LogP contribution in [0.2, 0.25) is 0 Å². The maximum absolute atomic E-state index is 13.5. The molecule has 0 aliphatic carbocycles. The highest BCUT2D eigenvalue weighted by Crippen LogP contribution is 2.50. The number of carbonyl (C=O) groups excluding carboxylic acids is 1. The van der Waals surface area contributed by atoms with Crippen molar-refractivity contribution in [3.8, 4) is 0 Å². The van der Waals surface area contributed by atoms with Crippen molar-refractivity contribution in [3.63, 3.8) is 0 Å². The number of hydrogen-bond acceptors (Lipinski definition) is 4. The second-order valence-corrected chi connectivity index (χ2v) is 10.1. The second-order valence-electron chi connectivity index (χ2n) is 9.17. The van der Waals surface area contributed by atoms with Gasteiger partial charge < -0.3 is 9.32 Å². The highest BCUT2D eigenvalue weighted by Gasteiger charge is 2.47. The Labute approximate surface area is 192 Å². The number of benzene rings is 3. The van der Waals surface area contributed by atoms with E-state index in [0.29, 0.717) is 5.22 Å². The zero-order valence-electron chi connectivity index (χ0n) is 18.5. The average Bonchev–Trinajstić information content (AvgIpc) is 3.21. The van der Waals surface area contributed by atoms with Crippen LogP contribution >= 0.6 is 11.8 Å². The zero-order valence-corrected chi connectivity index (χ0v) is 19.4. The first kappa shape index (κ1) is 20.8. The topological polar surface area (TPSA) is 46.3 Å². The lowest BCUT2D eigenvalue weighted by Crippen LogP contribution is -2.56. The van der Waals surface area contributed by atoms with Crippen LogP contribution < -0.4 is 4.90 Å². The zero-order chi connectivity index (χ0) is 22.3. The lowest BCUT2D eigenvalue weighted by Gasteiger charge is -2.51. The van der Waals surface area contributed by atoms with Gasteiger partial charge in [-0.15, -0.1) is 0 Å². The molecule has 2 heterocycles. The molecule has 5 rings (SSSR count). The number of thioether (sulfide) groups is 1. The van der Waals surface area contributed by atoms with E-state index in [1.807, 2.05) is 41.3 Å². The van der Waals surface area contributed by atoms with Gasteiger partial charge in [0.05, 0.1) is 5.75 Å². The summed E-state index contributed by atoms with van der Waals surface area (Å²) in [5, 5.41) is 0.525. The third kappa shape index (κ3) is 3.51. The number of para-hydroxylation sites is 3. The first-order valence-corrected chi connectivity index (χ1v) is 11.8. The molecule has 3 aromatic carbocycles. The maximum Gasteiger partial charge on any atom is 0.257 e. The smallest absolute Gasteiger partial charge is 0.257 e. The van der Waals surface area contributed by atoms with E-state index in [9.17, 15) is 4.79 Å². The van der Waals surface area contributed by atoms with Crippen LogP contribution in [0.25, 0.3) is 11.1 Å². The Kier molecular flexibility index (Phi) is 5.09. The Morgan fingerprint density at radius 2 is 1.66 bits per heavy atom. The molecule has 1 aliphatic heterocycles. The van der Waals surface area contributed by atoms with E-state index in [-0.39, 0.29) is 22.6 Å². The van der Waals surface area contributed by atoms with Gasteiger partial charge in [0, 0.05) is 16.6 Å². The van der Waals surface area contributed by atoms with Crippen molar-refractivity contribution in [1.29, 1.82) is 0 Å². The van der Waals surface area contributed by atoms with E-state index in [2.05, 4.69) is 68.2 Å². The van der Waals surface area contributed by atoms with E-state index in [1.54, 1.807) is 0 Å². The maximum atomic E-state index is 13.5. The molecule has 0 unspecified atom stereocenters. The van der Waals surface area contributed by atoms with Gasteiger partial charge in [-0.3, -0.25) is 4.79 Å². The van der Waals surface area contributed by atoms with Gasteiger partial charge in [0.1, 0.15) is 5.52 Å². The van der Waals surface area contributed by atoms with Crippen molar-refractivity contribution in [2.24, 2.45) is 0 Å². The third-order valence-corrected chi connectivity index (χ3v) is 7.20. The number of hydrogen-bond donors (Lipinski definition) is 0. The fourth-order valence-corrected chi connectivity index (χ4v) is 5.82. The van der Waals surface area contributed by atoms with E-state index in [0.717, 1.165) is 23.2 Å². The predicted molar refractivity (Wildman–Crippen MR) is 130 cm³/mol. The standard InChI is InChI=1S/C27H26N2O2S/c1-26(2)18-27(3,19-11-5-4-6-12-19)20-13-7-9-15-22(20)29(26)24(30)17-32-25-28-21-14-8-10-16-23(21)31-25/h4-16H,17-18H2,1-3H3/t27-/m1/s1. The number of rotatable bonds is 4. The molecule has 0 fully saturated rings. The van der Waals surface area contributed by atoms with Crippen molar-refractivity contribution in [2.45, 2.75) is 43.4 Å². The van der Waals surface area contributed by atoms with Crippen LogP contribution in [0.4, 0.5) is 5.69 Å². The Morgan fingerprint density at radius 3 is 2.44 bits per heavy atom. The van der Waals surface area contributed by atoms with Crippen molar-refractivity contribution < 1.29 is 9.21 Å². The molecule has 162 valence electrons. The minimum Gasteiger partial charge on any atom is -0.431 e. The number of amides is 1. The summed E-state index contributed by atoms with van der Waals surface area (Å²) in [7, 11) is 0. The summed E-state index contributed by atoms with van der Waals surface area (Å²) in [5.74, 6) is 0.330. The lowest BCUT2D eigenvalue weighted by atomic mass is 9.65.